The standard InChI is InChI=1S/C10H23NO3S/c1-8(2)7-15(13,14)11-6-9(12)10(3,4)5/h8-9,11-12H,6-7H2,1-5H3. The molecule has 0 saturated heterocycles. The van der Waals surface area contributed by atoms with Crippen LogP contribution in [-0.4, -0.2) is 31.9 Å². The third-order valence-corrected chi connectivity index (χ3v) is 3.76. The lowest BCUT2D eigenvalue weighted by Crippen LogP contribution is -2.40. The summed E-state index contributed by atoms with van der Waals surface area (Å²) < 4.78 is 25.3. The fourth-order valence-electron chi connectivity index (χ4n) is 1.01. The van der Waals surface area contributed by atoms with Crippen LogP contribution < -0.4 is 4.72 Å². The van der Waals surface area contributed by atoms with Gasteiger partial charge in [0.25, 0.3) is 0 Å². The summed E-state index contributed by atoms with van der Waals surface area (Å²) >= 11 is 0. The molecule has 0 bridgehead atoms. The molecule has 0 saturated carbocycles. The van der Waals surface area contributed by atoms with Crippen LogP contribution in [0.25, 0.3) is 0 Å². The minimum atomic E-state index is -3.25. The molecule has 0 aliphatic heterocycles. The van der Waals surface area contributed by atoms with E-state index in [0.717, 1.165) is 0 Å². The van der Waals surface area contributed by atoms with Crippen molar-refractivity contribution in [3.63, 3.8) is 0 Å². The van der Waals surface area contributed by atoms with Crippen LogP contribution in [-0.2, 0) is 10.0 Å². The van der Waals surface area contributed by atoms with Gasteiger partial charge in [0.15, 0.2) is 0 Å². The van der Waals surface area contributed by atoms with Gasteiger partial charge >= 0.3 is 0 Å². The molecular formula is C10H23NO3S. The maximum atomic E-state index is 11.5. The average molecular weight is 237 g/mol. The Morgan fingerprint density at radius 3 is 2.07 bits per heavy atom. The summed E-state index contributed by atoms with van der Waals surface area (Å²) in [4.78, 5) is 0. The van der Waals surface area contributed by atoms with Gasteiger partial charge in [0.2, 0.25) is 10.0 Å². The van der Waals surface area contributed by atoms with Crippen LogP contribution in [0, 0.1) is 11.3 Å². The minimum Gasteiger partial charge on any atom is -0.391 e. The molecular weight excluding hydrogens is 214 g/mol. The zero-order chi connectivity index (χ0) is 12.3. The fourth-order valence-corrected chi connectivity index (χ4v) is 2.42. The van der Waals surface area contributed by atoms with E-state index in [9.17, 15) is 13.5 Å². The van der Waals surface area contributed by atoms with E-state index in [1.54, 1.807) is 0 Å². The van der Waals surface area contributed by atoms with Crippen LogP contribution in [0.2, 0.25) is 0 Å². The van der Waals surface area contributed by atoms with E-state index in [-0.39, 0.29) is 23.6 Å². The summed E-state index contributed by atoms with van der Waals surface area (Å²) in [5.74, 6) is 0.193. The predicted octanol–water partition coefficient (Wildman–Crippen LogP) is 0.969. The second-order valence-corrected chi connectivity index (χ2v) is 7.26. The van der Waals surface area contributed by atoms with Gasteiger partial charge in [0.05, 0.1) is 11.9 Å². The Morgan fingerprint density at radius 2 is 1.73 bits per heavy atom. The van der Waals surface area contributed by atoms with E-state index >= 15 is 0 Å². The summed E-state index contributed by atoms with van der Waals surface area (Å²) in [5, 5.41) is 9.66. The third kappa shape index (κ3) is 6.87. The van der Waals surface area contributed by atoms with Crippen molar-refractivity contribution in [1.29, 1.82) is 0 Å². The lowest BCUT2D eigenvalue weighted by Gasteiger charge is -2.25. The van der Waals surface area contributed by atoms with Crippen LogP contribution in [0.4, 0.5) is 0 Å². The topological polar surface area (TPSA) is 66.4 Å². The van der Waals surface area contributed by atoms with Gasteiger partial charge in [-0.15, -0.1) is 0 Å². The highest BCUT2D eigenvalue weighted by molar-refractivity contribution is 7.89. The van der Waals surface area contributed by atoms with Gasteiger partial charge < -0.3 is 5.11 Å². The summed E-state index contributed by atoms with van der Waals surface area (Å²) in [7, 11) is -3.25. The molecule has 92 valence electrons. The number of nitrogens with one attached hydrogen (secondary N) is 1. The van der Waals surface area contributed by atoms with Crippen LogP contribution in [0.1, 0.15) is 34.6 Å². The van der Waals surface area contributed by atoms with Gasteiger partial charge in [-0.3, -0.25) is 0 Å². The molecule has 0 aromatic heterocycles. The van der Waals surface area contributed by atoms with Crippen molar-refractivity contribution < 1.29 is 13.5 Å². The van der Waals surface area contributed by atoms with Crippen molar-refractivity contribution in [2.75, 3.05) is 12.3 Å². The highest BCUT2D eigenvalue weighted by Gasteiger charge is 2.23. The number of aliphatic hydroxyl groups is 1. The summed E-state index contributed by atoms with van der Waals surface area (Å²) in [6.07, 6.45) is -0.667. The molecule has 1 unspecified atom stereocenters. The number of aliphatic hydroxyl groups excluding tert-OH is 1. The number of rotatable bonds is 5. The van der Waals surface area contributed by atoms with E-state index in [2.05, 4.69) is 4.72 Å². The van der Waals surface area contributed by atoms with Crippen LogP contribution in [0.15, 0.2) is 0 Å². The fraction of sp³-hybridized carbons (Fsp3) is 1.00. The first-order valence-corrected chi connectivity index (χ1v) is 6.85. The molecule has 2 N–H and O–H groups in total. The Kier molecular flexibility index (Phi) is 5.23. The van der Waals surface area contributed by atoms with Gasteiger partial charge in [-0.2, -0.15) is 0 Å². The first kappa shape index (κ1) is 14.9. The molecule has 4 nitrogen and oxygen atoms in total. The average Bonchev–Trinajstić information content (AvgIpc) is 1.95. The molecule has 0 aliphatic carbocycles. The Bertz CT molecular complexity index is 278. The van der Waals surface area contributed by atoms with Crippen LogP contribution in [0.3, 0.4) is 0 Å². The zero-order valence-electron chi connectivity index (χ0n) is 10.2. The van der Waals surface area contributed by atoms with E-state index in [1.807, 2.05) is 34.6 Å². The quantitative estimate of drug-likeness (QED) is 0.748. The summed E-state index contributed by atoms with van der Waals surface area (Å²) in [6.45, 7) is 9.38. The Hall–Kier alpha value is -0.130. The Morgan fingerprint density at radius 1 is 1.27 bits per heavy atom. The molecule has 1 atom stereocenters. The molecule has 0 heterocycles. The maximum absolute atomic E-state index is 11.5. The molecule has 0 aliphatic rings. The van der Waals surface area contributed by atoms with Crippen molar-refractivity contribution in [1.82, 2.24) is 4.72 Å². The lowest BCUT2D eigenvalue weighted by molar-refractivity contribution is 0.0677. The minimum absolute atomic E-state index is 0.0819. The molecule has 0 rings (SSSR count). The molecule has 0 aromatic carbocycles. The van der Waals surface area contributed by atoms with Crippen molar-refractivity contribution in [3.05, 3.63) is 0 Å². The smallest absolute Gasteiger partial charge is 0.211 e. The zero-order valence-corrected chi connectivity index (χ0v) is 11.1. The SMILES string of the molecule is CC(C)CS(=O)(=O)NCC(O)C(C)(C)C. The molecule has 15 heavy (non-hydrogen) atoms. The number of hydrogen-bond donors (Lipinski definition) is 2. The Labute approximate surface area is 93.1 Å². The highest BCUT2D eigenvalue weighted by Crippen LogP contribution is 2.18. The largest absolute Gasteiger partial charge is 0.391 e. The lowest BCUT2D eigenvalue weighted by atomic mass is 9.89. The molecule has 0 spiro atoms. The van der Waals surface area contributed by atoms with Crippen molar-refractivity contribution >= 4 is 10.0 Å². The molecule has 0 fully saturated rings. The monoisotopic (exact) mass is 237 g/mol. The van der Waals surface area contributed by atoms with Crippen LogP contribution in [0.5, 0.6) is 0 Å². The molecule has 0 radical (unpaired) electrons. The third-order valence-electron chi connectivity index (χ3n) is 2.05. The van der Waals surface area contributed by atoms with Gasteiger partial charge in [-0.25, -0.2) is 13.1 Å². The normalized spacial score (nSPS) is 15.7. The highest BCUT2D eigenvalue weighted by atomic mass is 32.2. The van der Waals surface area contributed by atoms with Crippen molar-refractivity contribution in [3.8, 4) is 0 Å². The van der Waals surface area contributed by atoms with Gasteiger partial charge in [-0.05, 0) is 11.3 Å². The second-order valence-electron chi connectivity index (χ2n) is 5.41. The Balaban J connectivity index is 4.17. The molecule has 0 amide bonds. The second kappa shape index (κ2) is 5.27. The van der Waals surface area contributed by atoms with Crippen molar-refractivity contribution in [2.45, 2.75) is 40.7 Å². The van der Waals surface area contributed by atoms with Crippen LogP contribution >= 0.6 is 0 Å². The molecule has 5 heteroatoms. The first-order chi connectivity index (χ1) is 6.54. The molecule has 0 aromatic rings. The number of hydrogen-bond acceptors (Lipinski definition) is 3. The first-order valence-electron chi connectivity index (χ1n) is 5.20. The van der Waals surface area contributed by atoms with Gasteiger partial charge in [-0.1, -0.05) is 34.6 Å². The van der Waals surface area contributed by atoms with E-state index in [0.29, 0.717) is 0 Å². The van der Waals surface area contributed by atoms with Crippen molar-refractivity contribution in [2.24, 2.45) is 11.3 Å². The summed E-state index contributed by atoms with van der Waals surface area (Å²) in [6, 6.07) is 0. The number of sulfonamides is 1. The van der Waals surface area contributed by atoms with E-state index in [1.165, 1.54) is 0 Å². The maximum Gasteiger partial charge on any atom is 0.211 e. The van der Waals surface area contributed by atoms with E-state index < -0.39 is 16.1 Å². The predicted molar refractivity (Wildman–Crippen MR) is 62.1 cm³/mol. The van der Waals surface area contributed by atoms with Gasteiger partial charge in [0.1, 0.15) is 0 Å². The van der Waals surface area contributed by atoms with E-state index in [4.69, 9.17) is 0 Å². The van der Waals surface area contributed by atoms with Gasteiger partial charge in [0, 0.05) is 6.54 Å². The summed E-state index contributed by atoms with van der Waals surface area (Å²) in [5.41, 5.74) is -0.305.